The van der Waals surface area contributed by atoms with Crippen LogP contribution in [0.15, 0.2) is 30.3 Å². The van der Waals surface area contributed by atoms with Gasteiger partial charge in [0.15, 0.2) is 0 Å². The number of nitrogens with one attached hydrogen (secondary N) is 2. The quantitative estimate of drug-likeness (QED) is 0.693. The third-order valence-corrected chi connectivity index (χ3v) is 3.10. The van der Waals surface area contributed by atoms with Gasteiger partial charge in [-0.15, -0.1) is 0 Å². The number of carbonyl (C=O) groups excluding carboxylic acids is 2. The van der Waals surface area contributed by atoms with Crippen LogP contribution in [-0.2, 0) is 9.59 Å². The highest BCUT2D eigenvalue weighted by Gasteiger charge is 2.16. The summed E-state index contributed by atoms with van der Waals surface area (Å²) in [6.45, 7) is 3.85. The summed E-state index contributed by atoms with van der Waals surface area (Å²) in [5.41, 5.74) is 6.31. The molecular weight excluding hydrogens is 242 g/mol. The molecule has 1 rings (SSSR count). The van der Waals surface area contributed by atoms with Gasteiger partial charge in [0.25, 0.3) is 0 Å². The minimum Gasteiger partial charge on any atom is -0.352 e. The second-order valence-corrected chi connectivity index (χ2v) is 4.54. The Kier molecular flexibility index (Phi) is 6.02. The van der Waals surface area contributed by atoms with Gasteiger partial charge in [0.1, 0.15) is 0 Å². The third kappa shape index (κ3) is 5.09. The third-order valence-electron chi connectivity index (χ3n) is 3.10. The predicted molar refractivity (Wildman–Crippen MR) is 74.5 cm³/mol. The van der Waals surface area contributed by atoms with E-state index in [9.17, 15) is 9.59 Å². The number of carbonyl (C=O) groups is 2. The SMILES string of the molecule is CC(NC(=O)CNC(=O)CN)C(C)c1ccccc1. The van der Waals surface area contributed by atoms with Gasteiger partial charge in [-0.25, -0.2) is 0 Å². The van der Waals surface area contributed by atoms with Crippen LogP contribution < -0.4 is 16.4 Å². The molecule has 0 bridgehead atoms. The van der Waals surface area contributed by atoms with Gasteiger partial charge >= 0.3 is 0 Å². The number of hydrogen-bond donors (Lipinski definition) is 3. The largest absolute Gasteiger partial charge is 0.352 e. The van der Waals surface area contributed by atoms with Gasteiger partial charge in [0, 0.05) is 12.0 Å². The molecule has 0 aliphatic heterocycles. The summed E-state index contributed by atoms with van der Waals surface area (Å²) in [7, 11) is 0. The van der Waals surface area contributed by atoms with Gasteiger partial charge < -0.3 is 16.4 Å². The Morgan fingerprint density at radius 2 is 1.79 bits per heavy atom. The minimum absolute atomic E-state index is 0.00956. The molecule has 1 aromatic carbocycles. The molecule has 4 N–H and O–H groups in total. The highest BCUT2D eigenvalue weighted by molar-refractivity contribution is 5.85. The number of nitrogens with two attached hydrogens (primary N) is 1. The number of benzene rings is 1. The van der Waals surface area contributed by atoms with Crippen LogP contribution in [-0.4, -0.2) is 30.9 Å². The van der Waals surface area contributed by atoms with Crippen molar-refractivity contribution in [3.8, 4) is 0 Å². The van der Waals surface area contributed by atoms with E-state index in [-0.39, 0.29) is 36.9 Å². The second-order valence-electron chi connectivity index (χ2n) is 4.54. The number of rotatable bonds is 6. The molecule has 0 aliphatic rings. The zero-order chi connectivity index (χ0) is 14.3. The lowest BCUT2D eigenvalue weighted by Gasteiger charge is -2.21. The van der Waals surface area contributed by atoms with E-state index in [1.165, 1.54) is 5.56 Å². The average molecular weight is 263 g/mol. The molecule has 2 atom stereocenters. The minimum atomic E-state index is -0.334. The summed E-state index contributed by atoms with van der Waals surface area (Å²) in [6, 6.07) is 9.96. The van der Waals surface area contributed by atoms with Gasteiger partial charge in [-0.3, -0.25) is 9.59 Å². The molecule has 5 nitrogen and oxygen atoms in total. The van der Waals surface area contributed by atoms with Gasteiger partial charge in [-0.2, -0.15) is 0 Å². The molecule has 2 unspecified atom stereocenters. The Labute approximate surface area is 113 Å². The highest BCUT2D eigenvalue weighted by atomic mass is 16.2. The van der Waals surface area contributed by atoms with Crippen molar-refractivity contribution in [2.24, 2.45) is 5.73 Å². The lowest BCUT2D eigenvalue weighted by Crippen LogP contribution is -2.43. The molecule has 5 heteroatoms. The Balaban J connectivity index is 2.44. The molecule has 0 saturated carbocycles. The van der Waals surface area contributed by atoms with Crippen LogP contribution in [0.2, 0.25) is 0 Å². The highest BCUT2D eigenvalue weighted by Crippen LogP contribution is 2.18. The Hall–Kier alpha value is -1.88. The molecule has 0 fully saturated rings. The number of amides is 2. The van der Waals surface area contributed by atoms with E-state index in [1.807, 2.05) is 37.3 Å². The lowest BCUT2D eigenvalue weighted by molar-refractivity contribution is -0.125. The fraction of sp³-hybridized carbons (Fsp3) is 0.429. The van der Waals surface area contributed by atoms with Crippen LogP contribution in [0, 0.1) is 0 Å². The second kappa shape index (κ2) is 7.53. The van der Waals surface area contributed by atoms with Crippen molar-refractivity contribution in [2.45, 2.75) is 25.8 Å². The molecule has 0 spiro atoms. The van der Waals surface area contributed by atoms with E-state index in [4.69, 9.17) is 5.73 Å². The summed E-state index contributed by atoms with van der Waals surface area (Å²) in [6.07, 6.45) is 0. The zero-order valence-corrected chi connectivity index (χ0v) is 11.3. The van der Waals surface area contributed by atoms with Gasteiger partial charge in [0.2, 0.25) is 11.8 Å². The molecule has 1 aromatic rings. The molecule has 0 aromatic heterocycles. The maximum Gasteiger partial charge on any atom is 0.239 e. The van der Waals surface area contributed by atoms with Crippen molar-refractivity contribution >= 4 is 11.8 Å². The summed E-state index contributed by atoms with van der Waals surface area (Å²) >= 11 is 0. The summed E-state index contributed by atoms with van der Waals surface area (Å²) in [4.78, 5) is 22.6. The monoisotopic (exact) mass is 263 g/mol. The van der Waals surface area contributed by atoms with Crippen LogP contribution in [0.4, 0.5) is 0 Å². The topological polar surface area (TPSA) is 84.2 Å². The first-order chi connectivity index (χ1) is 9.04. The normalized spacial score (nSPS) is 13.4. The van der Waals surface area contributed by atoms with Crippen LogP contribution >= 0.6 is 0 Å². The molecule has 19 heavy (non-hydrogen) atoms. The zero-order valence-electron chi connectivity index (χ0n) is 11.3. The van der Waals surface area contributed by atoms with E-state index < -0.39 is 0 Å². The van der Waals surface area contributed by atoms with Crippen molar-refractivity contribution in [1.29, 1.82) is 0 Å². The van der Waals surface area contributed by atoms with Gasteiger partial charge in [0.05, 0.1) is 13.1 Å². The lowest BCUT2D eigenvalue weighted by atomic mass is 9.94. The maximum absolute atomic E-state index is 11.6. The standard InChI is InChI=1S/C14H21N3O2/c1-10(12-6-4-3-5-7-12)11(2)17-14(19)9-16-13(18)8-15/h3-7,10-11H,8-9,15H2,1-2H3,(H,16,18)(H,17,19). The molecule has 104 valence electrons. The van der Waals surface area contributed by atoms with E-state index in [0.29, 0.717) is 0 Å². The molecule has 0 saturated heterocycles. The first-order valence-electron chi connectivity index (χ1n) is 6.35. The first kappa shape index (κ1) is 15.2. The summed E-state index contributed by atoms with van der Waals surface area (Å²) in [5.74, 6) is -0.341. The van der Waals surface area contributed by atoms with Crippen molar-refractivity contribution in [2.75, 3.05) is 13.1 Å². The molecule has 2 amide bonds. The molecule has 0 radical (unpaired) electrons. The average Bonchev–Trinajstić information content (AvgIpc) is 2.44. The van der Waals surface area contributed by atoms with Gasteiger partial charge in [-0.1, -0.05) is 37.3 Å². The fourth-order valence-electron chi connectivity index (χ4n) is 1.73. The Morgan fingerprint density at radius 3 is 2.37 bits per heavy atom. The predicted octanol–water partition coefficient (Wildman–Crippen LogP) is 0.370. The fourth-order valence-corrected chi connectivity index (χ4v) is 1.73. The van der Waals surface area contributed by atoms with E-state index in [0.717, 1.165) is 0 Å². The summed E-state index contributed by atoms with van der Waals surface area (Å²) in [5, 5.41) is 5.30. The van der Waals surface area contributed by atoms with Crippen molar-refractivity contribution in [3.63, 3.8) is 0 Å². The number of hydrogen-bond acceptors (Lipinski definition) is 3. The Bertz CT molecular complexity index is 420. The smallest absolute Gasteiger partial charge is 0.239 e. The van der Waals surface area contributed by atoms with Crippen LogP contribution in [0.1, 0.15) is 25.3 Å². The first-order valence-corrected chi connectivity index (χ1v) is 6.35. The van der Waals surface area contributed by atoms with E-state index in [1.54, 1.807) is 0 Å². The Morgan fingerprint density at radius 1 is 1.16 bits per heavy atom. The van der Waals surface area contributed by atoms with E-state index in [2.05, 4.69) is 17.6 Å². The maximum atomic E-state index is 11.6. The van der Waals surface area contributed by atoms with Crippen molar-refractivity contribution in [1.82, 2.24) is 10.6 Å². The summed E-state index contributed by atoms with van der Waals surface area (Å²) < 4.78 is 0. The van der Waals surface area contributed by atoms with Gasteiger partial charge in [-0.05, 0) is 12.5 Å². The van der Waals surface area contributed by atoms with Crippen molar-refractivity contribution in [3.05, 3.63) is 35.9 Å². The molecule has 0 aliphatic carbocycles. The van der Waals surface area contributed by atoms with Crippen LogP contribution in [0.5, 0.6) is 0 Å². The van der Waals surface area contributed by atoms with Crippen LogP contribution in [0.25, 0.3) is 0 Å². The van der Waals surface area contributed by atoms with Crippen molar-refractivity contribution < 1.29 is 9.59 Å². The molecule has 0 heterocycles. The molecular formula is C14H21N3O2. The van der Waals surface area contributed by atoms with Crippen LogP contribution in [0.3, 0.4) is 0 Å². The van der Waals surface area contributed by atoms with E-state index >= 15 is 0 Å².